The fraction of sp³-hybridized carbons (Fsp3) is 0.533. The lowest BCUT2D eigenvalue weighted by molar-refractivity contribution is -0.127. The van der Waals surface area contributed by atoms with Crippen molar-refractivity contribution in [3.05, 3.63) is 29.8 Å². The fourth-order valence-electron chi connectivity index (χ4n) is 2.00. The Bertz CT molecular complexity index is 430. The van der Waals surface area contributed by atoms with Crippen molar-refractivity contribution >= 4 is 5.91 Å². The van der Waals surface area contributed by atoms with E-state index in [2.05, 4.69) is 10.6 Å². The Labute approximate surface area is 115 Å². The molecule has 0 unspecified atom stereocenters. The van der Waals surface area contributed by atoms with Gasteiger partial charge in [-0.25, -0.2) is 0 Å². The molecule has 0 aliphatic rings. The van der Waals surface area contributed by atoms with Gasteiger partial charge in [-0.3, -0.25) is 4.79 Å². The van der Waals surface area contributed by atoms with Crippen LogP contribution in [0.5, 0.6) is 5.75 Å². The minimum Gasteiger partial charge on any atom is -0.496 e. The van der Waals surface area contributed by atoms with E-state index < -0.39 is 5.54 Å². The maximum absolute atomic E-state index is 12.2. The number of para-hydroxylation sites is 1. The minimum atomic E-state index is -0.578. The van der Waals surface area contributed by atoms with Crippen LogP contribution < -0.4 is 15.4 Å². The van der Waals surface area contributed by atoms with Gasteiger partial charge in [-0.15, -0.1) is 0 Å². The number of amides is 1. The first-order chi connectivity index (χ1) is 8.92. The summed E-state index contributed by atoms with van der Waals surface area (Å²) in [4.78, 5) is 12.2. The molecule has 0 spiro atoms. The lowest BCUT2D eigenvalue weighted by atomic mass is 10.0. The highest BCUT2D eigenvalue weighted by molar-refractivity contribution is 5.85. The molecule has 106 valence electrons. The summed E-state index contributed by atoms with van der Waals surface area (Å²) in [6.07, 6.45) is 0. The maximum atomic E-state index is 12.2. The zero-order valence-electron chi connectivity index (χ0n) is 12.4. The molecule has 19 heavy (non-hydrogen) atoms. The number of ether oxygens (including phenoxy) is 1. The second-order valence-electron chi connectivity index (χ2n) is 5.09. The zero-order chi connectivity index (χ0) is 14.5. The van der Waals surface area contributed by atoms with Crippen LogP contribution in [0, 0.1) is 0 Å². The van der Waals surface area contributed by atoms with E-state index in [1.54, 1.807) is 7.11 Å². The lowest BCUT2D eigenvalue weighted by Crippen LogP contribution is -2.52. The molecule has 1 aromatic rings. The van der Waals surface area contributed by atoms with Gasteiger partial charge in [0.25, 0.3) is 0 Å². The highest BCUT2D eigenvalue weighted by atomic mass is 16.5. The lowest BCUT2D eigenvalue weighted by Gasteiger charge is -2.27. The Hall–Kier alpha value is -1.55. The molecular formula is C15H24N2O2. The van der Waals surface area contributed by atoms with Gasteiger partial charge in [0.15, 0.2) is 0 Å². The smallest absolute Gasteiger partial charge is 0.240 e. The van der Waals surface area contributed by atoms with Crippen molar-refractivity contribution in [3.8, 4) is 5.75 Å². The summed E-state index contributed by atoms with van der Waals surface area (Å²) in [5.74, 6) is 0.768. The quantitative estimate of drug-likeness (QED) is 0.828. The highest BCUT2D eigenvalue weighted by Gasteiger charge is 2.27. The van der Waals surface area contributed by atoms with E-state index >= 15 is 0 Å². The van der Waals surface area contributed by atoms with E-state index in [0.29, 0.717) is 0 Å². The Kier molecular flexibility index (Phi) is 5.36. The standard InChI is InChI=1S/C15H24N2O2/c1-6-16-15(3,4)14(18)17-11(2)12-9-7-8-10-13(12)19-5/h7-11,16H,6H2,1-5H3,(H,17,18)/t11-/m1/s1. The number of hydrogen-bond acceptors (Lipinski definition) is 3. The van der Waals surface area contributed by atoms with Gasteiger partial charge in [-0.2, -0.15) is 0 Å². The molecule has 1 rings (SSSR count). The molecule has 1 amide bonds. The molecule has 0 bridgehead atoms. The number of methoxy groups -OCH3 is 1. The minimum absolute atomic E-state index is 0.0206. The summed E-state index contributed by atoms with van der Waals surface area (Å²) >= 11 is 0. The van der Waals surface area contributed by atoms with Crippen molar-refractivity contribution in [1.82, 2.24) is 10.6 Å². The summed E-state index contributed by atoms with van der Waals surface area (Å²) in [6, 6.07) is 7.62. The monoisotopic (exact) mass is 264 g/mol. The van der Waals surface area contributed by atoms with E-state index in [1.165, 1.54) is 0 Å². The predicted octanol–water partition coefficient (Wildman–Crippen LogP) is 2.26. The highest BCUT2D eigenvalue weighted by Crippen LogP contribution is 2.24. The molecule has 0 fully saturated rings. The molecule has 4 heteroatoms. The van der Waals surface area contributed by atoms with Crippen LogP contribution >= 0.6 is 0 Å². The third kappa shape index (κ3) is 3.96. The summed E-state index contributed by atoms with van der Waals surface area (Å²) < 4.78 is 5.31. The molecule has 0 saturated carbocycles. The average molecular weight is 264 g/mol. The van der Waals surface area contributed by atoms with Gasteiger partial charge < -0.3 is 15.4 Å². The van der Waals surface area contributed by atoms with Crippen LogP contribution in [0.25, 0.3) is 0 Å². The predicted molar refractivity (Wildman–Crippen MR) is 77.3 cm³/mol. The zero-order valence-corrected chi connectivity index (χ0v) is 12.4. The third-order valence-electron chi connectivity index (χ3n) is 3.14. The molecular weight excluding hydrogens is 240 g/mol. The Morgan fingerprint density at radius 2 is 2.00 bits per heavy atom. The van der Waals surface area contributed by atoms with Gasteiger partial charge in [0.2, 0.25) is 5.91 Å². The van der Waals surface area contributed by atoms with Crippen LogP contribution in [0.15, 0.2) is 24.3 Å². The second-order valence-corrected chi connectivity index (χ2v) is 5.09. The summed E-state index contributed by atoms with van der Waals surface area (Å²) in [5.41, 5.74) is 0.399. The van der Waals surface area contributed by atoms with Crippen LogP contribution in [0.4, 0.5) is 0 Å². The van der Waals surface area contributed by atoms with E-state index in [9.17, 15) is 4.79 Å². The van der Waals surface area contributed by atoms with Crippen LogP contribution in [0.3, 0.4) is 0 Å². The summed E-state index contributed by atoms with van der Waals surface area (Å²) in [6.45, 7) is 8.45. The molecule has 0 heterocycles. The van der Waals surface area contributed by atoms with Gasteiger partial charge in [-0.1, -0.05) is 25.1 Å². The van der Waals surface area contributed by atoms with Gasteiger partial charge >= 0.3 is 0 Å². The number of benzene rings is 1. The van der Waals surface area contributed by atoms with Crippen LogP contribution in [0.1, 0.15) is 39.3 Å². The molecule has 1 aromatic carbocycles. The van der Waals surface area contributed by atoms with E-state index in [4.69, 9.17) is 4.74 Å². The van der Waals surface area contributed by atoms with Gasteiger partial charge in [-0.05, 0) is 33.4 Å². The van der Waals surface area contributed by atoms with Gasteiger partial charge in [0, 0.05) is 5.56 Å². The molecule has 4 nitrogen and oxygen atoms in total. The van der Waals surface area contributed by atoms with Crippen molar-refractivity contribution < 1.29 is 9.53 Å². The SMILES string of the molecule is CCNC(C)(C)C(=O)N[C@H](C)c1ccccc1OC. The largest absolute Gasteiger partial charge is 0.496 e. The summed E-state index contributed by atoms with van der Waals surface area (Å²) in [5, 5.41) is 6.18. The first-order valence-electron chi connectivity index (χ1n) is 6.61. The second kappa shape index (κ2) is 6.57. The van der Waals surface area contributed by atoms with Crippen molar-refractivity contribution in [2.75, 3.05) is 13.7 Å². The van der Waals surface area contributed by atoms with E-state index in [0.717, 1.165) is 17.9 Å². The van der Waals surface area contributed by atoms with Crippen LogP contribution in [-0.2, 0) is 4.79 Å². The van der Waals surface area contributed by atoms with Crippen molar-refractivity contribution in [3.63, 3.8) is 0 Å². The first kappa shape index (κ1) is 15.5. The Balaban J connectivity index is 2.79. The van der Waals surface area contributed by atoms with Crippen LogP contribution in [-0.4, -0.2) is 25.1 Å². The normalized spacial score (nSPS) is 12.9. The molecule has 0 saturated heterocycles. The number of likely N-dealkylation sites (N-methyl/N-ethyl adjacent to an activating group) is 1. The molecule has 0 aliphatic heterocycles. The van der Waals surface area contributed by atoms with E-state index in [-0.39, 0.29) is 11.9 Å². The number of carbonyl (C=O) groups is 1. The number of rotatable bonds is 6. The van der Waals surface area contributed by atoms with Crippen molar-refractivity contribution in [2.45, 2.75) is 39.3 Å². The van der Waals surface area contributed by atoms with E-state index in [1.807, 2.05) is 52.0 Å². The van der Waals surface area contributed by atoms with Gasteiger partial charge in [0.05, 0.1) is 18.7 Å². The number of nitrogens with one attached hydrogen (secondary N) is 2. The van der Waals surface area contributed by atoms with Crippen molar-refractivity contribution in [1.29, 1.82) is 0 Å². The topological polar surface area (TPSA) is 50.4 Å². The van der Waals surface area contributed by atoms with Crippen LogP contribution in [0.2, 0.25) is 0 Å². The average Bonchev–Trinajstić information content (AvgIpc) is 2.38. The number of hydrogen-bond donors (Lipinski definition) is 2. The molecule has 0 aromatic heterocycles. The molecule has 2 N–H and O–H groups in total. The summed E-state index contributed by atoms with van der Waals surface area (Å²) in [7, 11) is 1.63. The molecule has 1 atom stereocenters. The third-order valence-corrected chi connectivity index (χ3v) is 3.14. The van der Waals surface area contributed by atoms with Crippen molar-refractivity contribution in [2.24, 2.45) is 0 Å². The number of carbonyl (C=O) groups excluding carboxylic acids is 1. The Morgan fingerprint density at radius 1 is 1.37 bits per heavy atom. The Morgan fingerprint density at radius 3 is 2.58 bits per heavy atom. The molecule has 0 aliphatic carbocycles. The first-order valence-corrected chi connectivity index (χ1v) is 6.61. The fourth-order valence-corrected chi connectivity index (χ4v) is 2.00. The van der Waals surface area contributed by atoms with Gasteiger partial charge in [0.1, 0.15) is 5.75 Å². The molecule has 0 radical (unpaired) electrons. The maximum Gasteiger partial charge on any atom is 0.240 e.